The summed E-state index contributed by atoms with van der Waals surface area (Å²) in [6, 6.07) is 16.2. The van der Waals surface area contributed by atoms with Crippen LogP contribution in [0.15, 0.2) is 54.3 Å². The first-order valence-corrected chi connectivity index (χ1v) is 27.8. The number of benzene rings is 4. The van der Waals surface area contributed by atoms with Crippen LogP contribution in [-0.4, -0.2) is 52.0 Å². The van der Waals surface area contributed by atoms with Gasteiger partial charge in [0.2, 0.25) is 17.2 Å². The third kappa shape index (κ3) is 10.4. The van der Waals surface area contributed by atoms with E-state index >= 15 is 9.90 Å². The van der Waals surface area contributed by atoms with E-state index in [1.807, 2.05) is 48.5 Å². The Morgan fingerprint density at radius 2 is 1.07 bits per heavy atom. The Morgan fingerprint density at radius 1 is 0.632 bits per heavy atom. The average Bonchev–Trinajstić information content (AvgIpc) is 3.59. The van der Waals surface area contributed by atoms with Crippen molar-refractivity contribution in [2.75, 3.05) is 15.5 Å². The van der Waals surface area contributed by atoms with E-state index in [0.717, 1.165) is 55.6 Å². The van der Waals surface area contributed by atoms with Crippen LogP contribution in [0.5, 0.6) is 11.5 Å². The van der Waals surface area contributed by atoms with E-state index < -0.39 is 11.5 Å². The van der Waals surface area contributed by atoms with E-state index in [-0.39, 0.29) is 104 Å². The van der Waals surface area contributed by atoms with Gasteiger partial charge in [0.25, 0.3) is 0 Å². The molecule has 4 aromatic carbocycles. The molecule has 0 bridgehead atoms. The Morgan fingerprint density at radius 3 is 1.46 bits per heavy atom. The van der Waals surface area contributed by atoms with Crippen LogP contribution in [0.25, 0.3) is 11.1 Å². The summed E-state index contributed by atoms with van der Waals surface area (Å²) in [4.78, 5) is 46.2. The van der Waals surface area contributed by atoms with E-state index in [1.165, 1.54) is 0 Å². The molecule has 2 aliphatic heterocycles. The van der Waals surface area contributed by atoms with Gasteiger partial charge >= 0.3 is 0 Å². The standard InChI is InChI=1S/C66H90N4O6/c1-35(2)69-37(5)65(19,20)43-31-41(49(33-51(43)69)67-53(71)25-23-39-27-45(61(7,8)9)57(73)46(28-39)62(10,11)12)55-59(75)56(60(55)76)42-32-44-52(70(36(3)4)38(6)66(44,21)22)34-50(42)68-54(72)26-24-40-29-47(63(13,14)15)58(74)48(30-40)64(16,17)18/h27-38H,23-26H2,1-22H3,(H4,67,68,71,72,73,74,75,76). The first-order valence-electron chi connectivity index (χ1n) is 27.8. The zero-order valence-electron chi connectivity index (χ0n) is 50.2. The van der Waals surface area contributed by atoms with E-state index in [1.54, 1.807) is 0 Å². The molecule has 4 N–H and O–H groups in total. The molecule has 0 saturated carbocycles. The van der Waals surface area contributed by atoms with Crippen LogP contribution in [0.3, 0.4) is 0 Å². The molecule has 10 heteroatoms. The zero-order chi connectivity index (χ0) is 57.1. The predicted molar refractivity (Wildman–Crippen MR) is 311 cm³/mol. The molecule has 2 heterocycles. The number of phenolic OH excluding ortho intramolecular Hbond substituents is 2. The van der Waals surface area contributed by atoms with E-state index in [4.69, 9.17) is 0 Å². The molecule has 3 aliphatic rings. The molecule has 1 aliphatic carbocycles. The van der Waals surface area contributed by atoms with Gasteiger partial charge in [-0.1, -0.05) is 127 Å². The number of carbonyl (C=O) groups is 3. The van der Waals surface area contributed by atoms with Crippen molar-refractivity contribution in [3.8, 4) is 11.5 Å². The summed E-state index contributed by atoms with van der Waals surface area (Å²) in [5.41, 5.74) is 7.25. The van der Waals surface area contributed by atoms with Gasteiger partial charge in [0.05, 0.1) is 16.8 Å². The molecule has 0 radical (unpaired) electrons. The van der Waals surface area contributed by atoms with Crippen LogP contribution < -0.4 is 35.8 Å². The lowest BCUT2D eigenvalue weighted by Gasteiger charge is -2.34. The molecule has 4 aromatic rings. The van der Waals surface area contributed by atoms with Gasteiger partial charge in [-0.3, -0.25) is 14.4 Å². The predicted octanol–water partition coefficient (Wildman–Crippen LogP) is 11.4. The third-order valence-corrected chi connectivity index (χ3v) is 17.1. The van der Waals surface area contributed by atoms with Gasteiger partial charge in [0.1, 0.15) is 17.5 Å². The Bertz CT molecular complexity index is 3140. The van der Waals surface area contributed by atoms with E-state index in [2.05, 4.69) is 172 Å². The second kappa shape index (κ2) is 19.5. The normalized spacial score (nSPS) is 19.1. The second-order valence-corrected chi connectivity index (χ2v) is 28.2. The Hall–Kier alpha value is -5.90. The first-order chi connectivity index (χ1) is 34.7. The minimum atomic E-state index is -0.438. The van der Waals surface area contributed by atoms with Gasteiger partial charge < -0.3 is 30.9 Å². The van der Waals surface area contributed by atoms with E-state index in [0.29, 0.717) is 35.0 Å². The van der Waals surface area contributed by atoms with Crippen molar-refractivity contribution < 1.29 is 29.7 Å². The Balaban J connectivity index is 1.35. The highest BCUT2D eigenvalue weighted by Gasteiger charge is 2.47. The van der Waals surface area contributed by atoms with Gasteiger partial charge in [-0.05, 0) is 147 Å². The smallest absolute Gasteiger partial charge is 0.224 e. The molecule has 410 valence electrons. The maximum atomic E-state index is 15.2. The molecule has 7 rings (SSSR count). The number of fused-ring (bicyclic) bond motifs is 2. The molecule has 2 amide bonds. The number of anilines is 3. The van der Waals surface area contributed by atoms with E-state index in [9.17, 15) is 19.8 Å². The Kier molecular flexibility index (Phi) is 14.9. The van der Waals surface area contributed by atoms with Crippen molar-refractivity contribution in [1.82, 2.24) is 4.58 Å². The molecule has 0 saturated heterocycles. The Labute approximate surface area is 454 Å². The SMILES string of the molecule is CC(C)N1c2cc(NC(=O)CCc3cc(C(C)(C)C)c(O)c(C(C)(C)C)c3)c(C3=C([O-])/C(=c4/cc5c(cc4NC(=O)CCc4cc(C(C)(C)C)c(O)c(C(C)(C)C)c4)=[N+](C(C)C)C(C)C5(C)C)C3=O)cc2C(C)(C)C1C. The lowest BCUT2D eigenvalue weighted by atomic mass is 9.76. The minimum absolute atomic E-state index is 0.00793. The maximum Gasteiger partial charge on any atom is 0.224 e. The fourth-order valence-electron chi connectivity index (χ4n) is 12.1. The summed E-state index contributed by atoms with van der Waals surface area (Å²) in [6.07, 6.45) is 1.07. The highest BCUT2D eigenvalue weighted by Crippen LogP contribution is 2.51. The van der Waals surface area contributed by atoms with Crippen LogP contribution in [0.2, 0.25) is 0 Å². The second-order valence-electron chi connectivity index (χ2n) is 28.2. The number of phenols is 2. The van der Waals surface area contributed by atoms with Gasteiger partial charge in [0, 0.05) is 69.6 Å². The lowest BCUT2D eigenvalue weighted by molar-refractivity contribution is -0.292. The number of allylic oxidation sites excluding steroid dienone is 2. The van der Waals surface area contributed by atoms with Crippen LogP contribution in [0, 0.1) is 0 Å². The largest absolute Gasteiger partial charge is 0.871 e. The zero-order valence-corrected chi connectivity index (χ0v) is 50.2. The van der Waals surface area contributed by atoms with Crippen molar-refractivity contribution in [2.24, 2.45) is 0 Å². The van der Waals surface area contributed by atoms with Crippen molar-refractivity contribution >= 4 is 45.8 Å². The fourth-order valence-corrected chi connectivity index (χ4v) is 12.1. The number of hydrogen-bond donors (Lipinski definition) is 4. The van der Waals surface area contributed by atoms with Crippen LogP contribution in [0.4, 0.5) is 17.1 Å². The molecule has 0 spiro atoms. The van der Waals surface area contributed by atoms with Crippen molar-refractivity contribution in [3.63, 3.8) is 0 Å². The summed E-state index contributed by atoms with van der Waals surface area (Å²) in [6.45, 7) is 46.5. The minimum Gasteiger partial charge on any atom is -0.871 e. The highest BCUT2D eigenvalue weighted by molar-refractivity contribution is 6.52. The van der Waals surface area contributed by atoms with Crippen LogP contribution in [0.1, 0.15) is 215 Å². The van der Waals surface area contributed by atoms with Crippen molar-refractivity contribution in [1.29, 1.82) is 0 Å². The summed E-state index contributed by atoms with van der Waals surface area (Å²) in [7, 11) is 0. The molecule has 0 fully saturated rings. The maximum absolute atomic E-state index is 15.2. The number of aryl methyl sites for hydroxylation is 2. The number of hydrogen-bond acceptors (Lipinski definition) is 7. The summed E-state index contributed by atoms with van der Waals surface area (Å²) in [5, 5.41) is 45.7. The summed E-state index contributed by atoms with van der Waals surface area (Å²) in [5.74, 6) is -0.836. The van der Waals surface area contributed by atoms with Gasteiger partial charge in [-0.15, -0.1) is 0 Å². The first kappa shape index (κ1) is 57.8. The number of aromatic hydroxyl groups is 2. The molecular weight excluding hydrogens is 945 g/mol. The number of ketones is 1. The number of carbonyl (C=O) groups excluding carboxylic acids is 3. The van der Waals surface area contributed by atoms with Crippen LogP contribution in [-0.2, 0) is 59.7 Å². The molecule has 0 aromatic heterocycles. The van der Waals surface area contributed by atoms with Crippen LogP contribution >= 0.6 is 0 Å². The van der Waals surface area contributed by atoms with Gasteiger partial charge in [-0.25, -0.2) is 4.58 Å². The number of amides is 2. The molecular formula is C66H90N4O6. The highest BCUT2D eigenvalue weighted by atomic mass is 16.3. The molecule has 76 heavy (non-hydrogen) atoms. The quantitative estimate of drug-likeness (QED) is 0.109. The van der Waals surface area contributed by atoms with Gasteiger partial charge in [-0.2, -0.15) is 0 Å². The molecule has 2 unspecified atom stereocenters. The summed E-state index contributed by atoms with van der Waals surface area (Å²) < 4.78 is 2.34. The monoisotopic (exact) mass is 1030 g/mol. The van der Waals surface area contributed by atoms with Crippen molar-refractivity contribution in [2.45, 2.75) is 235 Å². The number of Topliss-reactive ketones (excluding diaryl/α,β-unsaturated/α-hetero) is 1. The van der Waals surface area contributed by atoms with Crippen molar-refractivity contribution in [3.05, 3.63) is 115 Å². The lowest BCUT2D eigenvalue weighted by Crippen LogP contribution is -2.42. The molecule has 10 nitrogen and oxygen atoms in total. The summed E-state index contributed by atoms with van der Waals surface area (Å²) >= 11 is 0. The van der Waals surface area contributed by atoms with Gasteiger partial charge in [0.15, 0.2) is 11.8 Å². The number of nitrogens with zero attached hydrogens (tertiary/aromatic N) is 2. The topological polar surface area (TPSA) is 145 Å². The third-order valence-electron chi connectivity index (χ3n) is 17.1. The average molecular weight is 1040 g/mol. The fraction of sp³-hybridized carbons (Fsp3) is 0.545. The number of rotatable bonds is 11. The number of nitrogens with one attached hydrogen (secondary N) is 2. The molecule has 2 atom stereocenters.